The van der Waals surface area contributed by atoms with Crippen molar-refractivity contribution in [3.05, 3.63) is 28.8 Å². The molecule has 1 heterocycles. The Kier molecular flexibility index (Phi) is 4.25. The van der Waals surface area contributed by atoms with E-state index >= 15 is 0 Å². The van der Waals surface area contributed by atoms with Gasteiger partial charge in [-0.25, -0.2) is 0 Å². The van der Waals surface area contributed by atoms with E-state index in [1.165, 1.54) is 0 Å². The van der Waals surface area contributed by atoms with E-state index in [-0.39, 0.29) is 23.8 Å². The summed E-state index contributed by atoms with van der Waals surface area (Å²) in [5.41, 5.74) is 1.38. The maximum Gasteiger partial charge on any atom is 0.256 e. The number of hydrogen-bond donors (Lipinski definition) is 2. The summed E-state index contributed by atoms with van der Waals surface area (Å²) in [6.45, 7) is 3.85. The lowest BCUT2D eigenvalue weighted by Crippen LogP contribution is -2.61. The molecule has 2 aliphatic rings. The largest absolute Gasteiger partial charge is 0.385 e. The molecular formula is C16H20ClN3O2. The van der Waals surface area contributed by atoms with Gasteiger partial charge in [-0.3, -0.25) is 9.59 Å². The second-order valence-corrected chi connectivity index (χ2v) is 6.35. The van der Waals surface area contributed by atoms with Gasteiger partial charge in [0.25, 0.3) is 5.91 Å². The number of nitrogens with one attached hydrogen (secondary N) is 2. The number of rotatable bonds is 5. The number of halogens is 1. The third-order valence-electron chi connectivity index (χ3n) is 4.04. The van der Waals surface area contributed by atoms with E-state index in [2.05, 4.69) is 10.6 Å². The molecule has 1 saturated carbocycles. The topological polar surface area (TPSA) is 61.4 Å². The minimum atomic E-state index is -0.0460. The van der Waals surface area contributed by atoms with Gasteiger partial charge in [0.2, 0.25) is 5.91 Å². The van der Waals surface area contributed by atoms with Crippen molar-refractivity contribution in [2.75, 3.05) is 25.0 Å². The van der Waals surface area contributed by atoms with E-state index in [9.17, 15) is 9.59 Å². The first-order valence-electron chi connectivity index (χ1n) is 7.71. The third-order valence-corrected chi connectivity index (χ3v) is 4.28. The van der Waals surface area contributed by atoms with E-state index in [4.69, 9.17) is 11.6 Å². The highest BCUT2D eigenvalue weighted by atomic mass is 35.5. The zero-order valence-electron chi connectivity index (χ0n) is 12.6. The van der Waals surface area contributed by atoms with Crippen molar-refractivity contribution in [3.63, 3.8) is 0 Å². The van der Waals surface area contributed by atoms with Crippen molar-refractivity contribution in [2.45, 2.75) is 25.8 Å². The average Bonchev–Trinajstić information content (AvgIpc) is 3.28. The number of nitrogens with zero attached hydrogens (tertiary/aromatic N) is 1. The van der Waals surface area contributed by atoms with Crippen LogP contribution in [0.4, 0.5) is 5.69 Å². The predicted octanol–water partition coefficient (Wildman–Crippen LogP) is 2.12. The lowest BCUT2D eigenvalue weighted by Gasteiger charge is -2.40. The smallest absolute Gasteiger partial charge is 0.256 e. The van der Waals surface area contributed by atoms with E-state index in [0.29, 0.717) is 23.7 Å². The second-order valence-electron chi connectivity index (χ2n) is 5.91. The lowest BCUT2D eigenvalue weighted by molar-refractivity contribution is -0.123. The first kappa shape index (κ1) is 15.2. The lowest BCUT2D eigenvalue weighted by atomic mass is 10.0. The molecule has 1 aromatic rings. The summed E-state index contributed by atoms with van der Waals surface area (Å²) in [6.07, 6.45) is 1.99. The van der Waals surface area contributed by atoms with Crippen LogP contribution in [0.1, 0.15) is 30.1 Å². The van der Waals surface area contributed by atoms with E-state index in [1.807, 2.05) is 13.0 Å². The standard InChI is InChI=1S/C16H20ClN3O2/c1-2-18-14-6-5-11(17)7-13(14)16(22)20-8-12(9-20)19-15(21)10-3-4-10/h5-7,10,12,18H,2-4,8-9H2,1H3,(H,19,21). The molecule has 0 aromatic heterocycles. The van der Waals surface area contributed by atoms with Gasteiger partial charge in [-0.15, -0.1) is 0 Å². The van der Waals surface area contributed by atoms with Crippen LogP contribution in [0.25, 0.3) is 0 Å². The molecule has 1 aliphatic heterocycles. The number of benzene rings is 1. The summed E-state index contributed by atoms with van der Waals surface area (Å²) in [5, 5.41) is 6.71. The van der Waals surface area contributed by atoms with Gasteiger partial charge in [0.1, 0.15) is 0 Å². The maximum absolute atomic E-state index is 12.6. The molecule has 0 unspecified atom stereocenters. The quantitative estimate of drug-likeness (QED) is 0.873. The van der Waals surface area contributed by atoms with Crippen LogP contribution in [0.15, 0.2) is 18.2 Å². The molecule has 22 heavy (non-hydrogen) atoms. The van der Waals surface area contributed by atoms with Crippen LogP contribution in [-0.4, -0.2) is 42.4 Å². The van der Waals surface area contributed by atoms with Crippen LogP contribution in [0.3, 0.4) is 0 Å². The molecule has 6 heteroatoms. The molecule has 0 bridgehead atoms. The van der Waals surface area contributed by atoms with E-state index in [1.54, 1.807) is 17.0 Å². The first-order valence-corrected chi connectivity index (χ1v) is 8.09. The van der Waals surface area contributed by atoms with Crippen LogP contribution >= 0.6 is 11.6 Å². The minimum Gasteiger partial charge on any atom is -0.385 e. The fourth-order valence-electron chi connectivity index (χ4n) is 2.61. The maximum atomic E-state index is 12.6. The van der Waals surface area contributed by atoms with Gasteiger partial charge in [0.05, 0.1) is 11.6 Å². The predicted molar refractivity (Wildman–Crippen MR) is 86.2 cm³/mol. The van der Waals surface area contributed by atoms with Crippen LogP contribution in [0, 0.1) is 5.92 Å². The van der Waals surface area contributed by atoms with Gasteiger partial charge >= 0.3 is 0 Å². The van der Waals surface area contributed by atoms with Crippen LogP contribution in [0.2, 0.25) is 5.02 Å². The summed E-state index contributed by atoms with van der Waals surface area (Å²) in [5.74, 6) is 0.293. The number of anilines is 1. The monoisotopic (exact) mass is 321 g/mol. The van der Waals surface area contributed by atoms with Crippen molar-refractivity contribution < 1.29 is 9.59 Å². The Labute approximate surface area is 135 Å². The summed E-state index contributed by atoms with van der Waals surface area (Å²) in [4.78, 5) is 26.0. The van der Waals surface area contributed by atoms with Gasteiger partial charge in [-0.2, -0.15) is 0 Å². The van der Waals surface area contributed by atoms with Crippen molar-refractivity contribution in [2.24, 2.45) is 5.92 Å². The number of hydrogen-bond acceptors (Lipinski definition) is 3. The first-order chi connectivity index (χ1) is 10.6. The second kappa shape index (κ2) is 6.16. The summed E-state index contributed by atoms with van der Waals surface area (Å²) >= 11 is 6.01. The Morgan fingerprint density at radius 3 is 2.68 bits per heavy atom. The van der Waals surface area contributed by atoms with Crippen molar-refractivity contribution in [1.82, 2.24) is 10.2 Å². The number of carbonyl (C=O) groups is 2. The Morgan fingerprint density at radius 2 is 2.05 bits per heavy atom. The number of likely N-dealkylation sites (tertiary alicyclic amines) is 1. The van der Waals surface area contributed by atoms with Gasteiger partial charge in [0, 0.05) is 36.3 Å². The van der Waals surface area contributed by atoms with Gasteiger partial charge in [0.15, 0.2) is 0 Å². The highest BCUT2D eigenvalue weighted by Crippen LogP contribution is 2.29. The molecule has 2 fully saturated rings. The Bertz CT molecular complexity index is 595. The zero-order valence-corrected chi connectivity index (χ0v) is 13.3. The molecule has 2 N–H and O–H groups in total. The highest BCUT2D eigenvalue weighted by Gasteiger charge is 2.36. The Morgan fingerprint density at radius 1 is 1.32 bits per heavy atom. The average molecular weight is 322 g/mol. The Balaban J connectivity index is 1.60. The molecule has 118 valence electrons. The molecule has 0 radical (unpaired) electrons. The van der Waals surface area contributed by atoms with Crippen molar-refractivity contribution in [1.29, 1.82) is 0 Å². The molecule has 1 aliphatic carbocycles. The molecule has 1 saturated heterocycles. The van der Waals surface area contributed by atoms with Gasteiger partial charge in [-0.1, -0.05) is 11.6 Å². The van der Waals surface area contributed by atoms with Gasteiger partial charge in [-0.05, 0) is 38.0 Å². The zero-order chi connectivity index (χ0) is 15.7. The Hall–Kier alpha value is -1.75. The normalized spacial score (nSPS) is 17.8. The van der Waals surface area contributed by atoms with Gasteiger partial charge < -0.3 is 15.5 Å². The van der Waals surface area contributed by atoms with Crippen LogP contribution in [-0.2, 0) is 4.79 Å². The van der Waals surface area contributed by atoms with Crippen molar-refractivity contribution in [3.8, 4) is 0 Å². The molecule has 1 aromatic carbocycles. The fourth-order valence-corrected chi connectivity index (χ4v) is 2.78. The molecule has 0 spiro atoms. The SMILES string of the molecule is CCNc1ccc(Cl)cc1C(=O)N1CC(NC(=O)C2CC2)C1. The minimum absolute atomic E-state index is 0.0460. The molecule has 5 nitrogen and oxygen atoms in total. The molecule has 3 rings (SSSR count). The summed E-state index contributed by atoms with van der Waals surface area (Å²) < 4.78 is 0. The summed E-state index contributed by atoms with van der Waals surface area (Å²) in [7, 11) is 0. The number of carbonyl (C=O) groups excluding carboxylic acids is 2. The van der Waals surface area contributed by atoms with Crippen LogP contribution in [0.5, 0.6) is 0 Å². The molecule has 0 atom stereocenters. The molecular weight excluding hydrogens is 302 g/mol. The van der Waals surface area contributed by atoms with Crippen LogP contribution < -0.4 is 10.6 Å². The van der Waals surface area contributed by atoms with E-state index < -0.39 is 0 Å². The fraction of sp³-hybridized carbons (Fsp3) is 0.500. The third kappa shape index (κ3) is 3.19. The number of amides is 2. The summed E-state index contributed by atoms with van der Waals surface area (Å²) in [6, 6.07) is 5.37. The molecule has 2 amide bonds. The van der Waals surface area contributed by atoms with Crippen molar-refractivity contribution >= 4 is 29.1 Å². The highest BCUT2D eigenvalue weighted by molar-refractivity contribution is 6.31. The van der Waals surface area contributed by atoms with E-state index in [0.717, 1.165) is 25.1 Å².